The summed E-state index contributed by atoms with van der Waals surface area (Å²) >= 11 is 1.73. The molecule has 0 heterocycles. The Hall–Kier alpha value is -2.20. The van der Waals surface area contributed by atoms with Crippen molar-refractivity contribution in [3.8, 4) is 0 Å². The number of hydrogen-bond acceptors (Lipinski definition) is 3. The summed E-state index contributed by atoms with van der Waals surface area (Å²) in [6.07, 6.45) is 1.88. The lowest BCUT2D eigenvalue weighted by molar-refractivity contribution is 0.0697. The van der Waals surface area contributed by atoms with E-state index in [1.165, 1.54) is 4.90 Å². The van der Waals surface area contributed by atoms with E-state index in [2.05, 4.69) is 18.0 Å². The molecule has 0 bridgehead atoms. The molecule has 0 atom stereocenters. The Kier molecular flexibility index (Phi) is 5.46. The second-order valence-corrected chi connectivity index (χ2v) is 5.51. The number of aromatic carboxylic acids is 1. The monoisotopic (exact) mass is 299 g/mol. The zero-order chi connectivity index (χ0) is 15.1. The highest BCUT2D eigenvalue weighted by Crippen LogP contribution is 2.27. The quantitative estimate of drug-likeness (QED) is 0.592. The summed E-state index contributed by atoms with van der Waals surface area (Å²) in [5.41, 5.74) is 2.43. The van der Waals surface area contributed by atoms with Crippen LogP contribution in [0, 0.1) is 0 Å². The highest BCUT2D eigenvalue weighted by Gasteiger charge is 2.03. The minimum absolute atomic E-state index is 0.306. The molecular weight excluding hydrogens is 282 g/mol. The Balaban J connectivity index is 2.02. The first kappa shape index (κ1) is 15.2. The van der Waals surface area contributed by atoms with Crippen LogP contribution in [0.3, 0.4) is 0 Å². The van der Waals surface area contributed by atoms with Crippen LogP contribution in [0.4, 0.5) is 5.69 Å². The van der Waals surface area contributed by atoms with E-state index in [4.69, 9.17) is 5.11 Å². The predicted octanol–water partition coefficient (Wildman–Crippen LogP) is 4.28. The Morgan fingerprint density at radius 2 is 1.90 bits per heavy atom. The van der Waals surface area contributed by atoms with Gasteiger partial charge in [0.2, 0.25) is 0 Å². The number of para-hydroxylation sites is 1. The smallest absolute Gasteiger partial charge is 0.335 e. The van der Waals surface area contributed by atoms with Gasteiger partial charge in [-0.25, -0.2) is 4.79 Å². The Labute approximate surface area is 128 Å². The van der Waals surface area contributed by atoms with E-state index < -0.39 is 5.97 Å². The van der Waals surface area contributed by atoms with Gasteiger partial charge < -0.3 is 10.4 Å². The molecule has 0 aliphatic rings. The largest absolute Gasteiger partial charge is 0.478 e. The van der Waals surface area contributed by atoms with Gasteiger partial charge in [0.25, 0.3) is 0 Å². The molecule has 2 aromatic rings. The minimum Gasteiger partial charge on any atom is -0.478 e. The van der Waals surface area contributed by atoms with Crippen molar-refractivity contribution in [3.63, 3.8) is 0 Å². The molecule has 0 fully saturated rings. The van der Waals surface area contributed by atoms with Gasteiger partial charge in [-0.2, -0.15) is 0 Å². The zero-order valence-electron chi connectivity index (χ0n) is 11.6. The fraction of sp³-hybridized carbons (Fsp3) is 0.118. The molecule has 0 aliphatic carbocycles. The average molecular weight is 299 g/mol. The van der Waals surface area contributed by atoms with Gasteiger partial charge in [0.15, 0.2) is 0 Å². The van der Waals surface area contributed by atoms with Crippen LogP contribution in [-0.4, -0.2) is 16.8 Å². The van der Waals surface area contributed by atoms with E-state index in [-0.39, 0.29) is 0 Å². The summed E-state index contributed by atoms with van der Waals surface area (Å²) in [6.45, 7) is 4.39. The lowest BCUT2D eigenvalue weighted by atomic mass is 10.1. The third kappa shape index (κ3) is 4.39. The highest BCUT2D eigenvalue weighted by molar-refractivity contribution is 7.99. The fourth-order valence-corrected chi connectivity index (χ4v) is 2.62. The van der Waals surface area contributed by atoms with Crippen LogP contribution in [-0.2, 0) is 6.54 Å². The Bertz CT molecular complexity index is 623. The van der Waals surface area contributed by atoms with E-state index >= 15 is 0 Å². The highest BCUT2D eigenvalue weighted by atomic mass is 32.2. The SMILES string of the molecule is C=CCSc1ccccc1NCc1ccc(C(=O)O)cc1. The molecule has 0 unspecified atom stereocenters. The molecule has 2 aromatic carbocycles. The number of carboxylic acids is 1. The van der Waals surface area contributed by atoms with Crippen LogP contribution in [0.1, 0.15) is 15.9 Å². The summed E-state index contributed by atoms with van der Waals surface area (Å²) in [5.74, 6) is -0.0351. The lowest BCUT2D eigenvalue weighted by Gasteiger charge is -2.11. The van der Waals surface area contributed by atoms with E-state index in [1.807, 2.05) is 36.4 Å². The van der Waals surface area contributed by atoms with Crippen molar-refractivity contribution in [2.45, 2.75) is 11.4 Å². The molecule has 0 saturated heterocycles. The molecule has 0 spiro atoms. The molecule has 3 nitrogen and oxygen atoms in total. The van der Waals surface area contributed by atoms with E-state index in [0.29, 0.717) is 12.1 Å². The fourth-order valence-electron chi connectivity index (χ4n) is 1.85. The standard InChI is InChI=1S/C17H17NO2S/c1-2-11-21-16-6-4-3-5-15(16)18-12-13-7-9-14(10-8-13)17(19)20/h2-10,18H,1,11-12H2,(H,19,20). The van der Waals surface area contributed by atoms with Crippen molar-refractivity contribution in [2.24, 2.45) is 0 Å². The predicted molar refractivity (Wildman–Crippen MR) is 88.1 cm³/mol. The van der Waals surface area contributed by atoms with E-state index in [9.17, 15) is 4.79 Å². The molecule has 0 saturated carbocycles. The third-order valence-electron chi connectivity index (χ3n) is 2.93. The van der Waals surface area contributed by atoms with Gasteiger partial charge in [-0.3, -0.25) is 0 Å². The molecular formula is C17H17NO2S. The summed E-state index contributed by atoms with van der Waals surface area (Å²) in [6, 6.07) is 15.0. The molecule has 21 heavy (non-hydrogen) atoms. The molecule has 2 N–H and O–H groups in total. The summed E-state index contributed by atoms with van der Waals surface area (Å²) < 4.78 is 0. The van der Waals surface area contributed by atoms with Crippen LogP contribution in [0.2, 0.25) is 0 Å². The normalized spacial score (nSPS) is 10.1. The van der Waals surface area contributed by atoms with E-state index in [1.54, 1.807) is 23.9 Å². The van der Waals surface area contributed by atoms with Crippen LogP contribution in [0.15, 0.2) is 66.1 Å². The Morgan fingerprint density at radius 3 is 2.57 bits per heavy atom. The van der Waals surface area contributed by atoms with Gasteiger partial charge in [0.1, 0.15) is 0 Å². The van der Waals surface area contributed by atoms with Crippen molar-refractivity contribution < 1.29 is 9.90 Å². The molecule has 0 radical (unpaired) electrons. The van der Waals surface area contributed by atoms with Gasteiger partial charge in [-0.1, -0.05) is 30.3 Å². The lowest BCUT2D eigenvalue weighted by Crippen LogP contribution is -2.02. The first-order valence-electron chi connectivity index (χ1n) is 6.59. The van der Waals surface area contributed by atoms with Gasteiger partial charge in [-0.05, 0) is 29.8 Å². The van der Waals surface area contributed by atoms with Crippen molar-refractivity contribution >= 4 is 23.4 Å². The number of carbonyl (C=O) groups is 1. The van der Waals surface area contributed by atoms with Gasteiger partial charge >= 0.3 is 5.97 Å². The number of anilines is 1. The maximum atomic E-state index is 10.8. The number of carboxylic acid groups (broad SMARTS) is 1. The van der Waals surface area contributed by atoms with Crippen LogP contribution >= 0.6 is 11.8 Å². The third-order valence-corrected chi connectivity index (χ3v) is 4.00. The molecule has 4 heteroatoms. The van der Waals surface area contributed by atoms with Crippen LogP contribution in [0.25, 0.3) is 0 Å². The molecule has 0 aliphatic heterocycles. The van der Waals surface area contributed by atoms with Gasteiger partial charge in [-0.15, -0.1) is 18.3 Å². The zero-order valence-corrected chi connectivity index (χ0v) is 12.4. The molecule has 0 amide bonds. The maximum absolute atomic E-state index is 10.8. The topological polar surface area (TPSA) is 49.3 Å². The van der Waals surface area contributed by atoms with Gasteiger partial charge in [0, 0.05) is 22.9 Å². The summed E-state index contributed by atoms with van der Waals surface area (Å²) in [7, 11) is 0. The number of nitrogens with one attached hydrogen (secondary N) is 1. The molecule has 0 aromatic heterocycles. The first-order valence-corrected chi connectivity index (χ1v) is 7.58. The number of benzene rings is 2. The first-order chi connectivity index (χ1) is 10.2. The van der Waals surface area contributed by atoms with Crippen molar-refractivity contribution in [2.75, 3.05) is 11.1 Å². The molecule has 2 rings (SSSR count). The number of hydrogen-bond donors (Lipinski definition) is 2. The van der Waals surface area contributed by atoms with E-state index in [0.717, 1.165) is 17.0 Å². The van der Waals surface area contributed by atoms with Crippen LogP contribution in [0.5, 0.6) is 0 Å². The van der Waals surface area contributed by atoms with Crippen molar-refractivity contribution in [3.05, 3.63) is 72.3 Å². The summed E-state index contributed by atoms with van der Waals surface area (Å²) in [5, 5.41) is 12.3. The van der Waals surface area contributed by atoms with Crippen molar-refractivity contribution in [1.82, 2.24) is 0 Å². The number of thioether (sulfide) groups is 1. The van der Waals surface area contributed by atoms with Crippen molar-refractivity contribution in [1.29, 1.82) is 0 Å². The van der Waals surface area contributed by atoms with Gasteiger partial charge in [0.05, 0.1) is 5.56 Å². The average Bonchev–Trinajstić information content (AvgIpc) is 2.52. The van der Waals surface area contributed by atoms with Crippen LogP contribution < -0.4 is 5.32 Å². The second-order valence-electron chi connectivity index (χ2n) is 4.45. The minimum atomic E-state index is -0.902. The maximum Gasteiger partial charge on any atom is 0.335 e. The summed E-state index contributed by atoms with van der Waals surface area (Å²) in [4.78, 5) is 12.0. The number of rotatable bonds is 7. The Morgan fingerprint density at radius 1 is 1.19 bits per heavy atom. The second kappa shape index (κ2) is 7.55. The molecule has 108 valence electrons.